The summed E-state index contributed by atoms with van der Waals surface area (Å²) in [5.74, 6) is 0. The number of aryl methyl sites for hydroxylation is 2. The number of nitrogens with two attached hydrogens (primary N) is 1. The van der Waals surface area contributed by atoms with Crippen molar-refractivity contribution in [2.75, 3.05) is 0 Å². The van der Waals surface area contributed by atoms with E-state index >= 15 is 0 Å². The minimum Gasteiger partial charge on any atom is -0.372 e. The molecule has 0 unspecified atom stereocenters. The molecular formula is C9H15N3O. The molecule has 1 heterocycles. The van der Waals surface area contributed by atoms with E-state index in [0.29, 0.717) is 0 Å². The first-order chi connectivity index (χ1) is 6.29. The number of rotatable bonds is 2. The molecule has 0 aromatic carbocycles. The number of hydrogen-bond donors (Lipinski definition) is 1. The molecule has 0 aliphatic carbocycles. The van der Waals surface area contributed by atoms with Gasteiger partial charge in [0.2, 0.25) is 6.41 Å². The summed E-state index contributed by atoms with van der Waals surface area (Å²) in [7, 11) is 0. The molecule has 0 aliphatic rings. The Hall–Kier alpha value is -1.45. The van der Waals surface area contributed by atoms with Crippen molar-refractivity contribution in [2.24, 2.45) is 5.73 Å². The third kappa shape index (κ3) is 4.20. The molecule has 1 amide bonds. The summed E-state index contributed by atoms with van der Waals surface area (Å²) in [6.07, 6.45) is 5.71. The van der Waals surface area contributed by atoms with Crippen LogP contribution in [0.2, 0.25) is 0 Å². The van der Waals surface area contributed by atoms with E-state index in [-0.39, 0.29) is 6.41 Å². The molecule has 1 aromatic heterocycles. The fourth-order valence-electron chi connectivity index (χ4n) is 0.986. The zero-order valence-electron chi connectivity index (χ0n) is 8.03. The van der Waals surface area contributed by atoms with Crippen molar-refractivity contribution in [1.29, 1.82) is 0 Å². The molecular weight excluding hydrogens is 166 g/mol. The average molecular weight is 181 g/mol. The minimum absolute atomic E-state index is 0.250. The Bertz CT molecular complexity index is 227. The van der Waals surface area contributed by atoms with Gasteiger partial charge in [-0.05, 0) is 12.8 Å². The molecule has 72 valence electrons. The largest absolute Gasteiger partial charge is 0.372 e. The van der Waals surface area contributed by atoms with Gasteiger partial charge in [0.05, 0.1) is 11.4 Å². The Labute approximate surface area is 78.2 Å². The molecule has 2 N–H and O–H groups in total. The third-order valence-electron chi connectivity index (χ3n) is 1.53. The van der Waals surface area contributed by atoms with Crippen LogP contribution in [0.1, 0.15) is 25.2 Å². The fourth-order valence-corrected chi connectivity index (χ4v) is 0.986. The van der Waals surface area contributed by atoms with Gasteiger partial charge in [-0.2, -0.15) is 0 Å². The van der Waals surface area contributed by atoms with Crippen LogP contribution in [-0.2, 0) is 17.6 Å². The van der Waals surface area contributed by atoms with E-state index in [1.165, 1.54) is 0 Å². The second-order valence-electron chi connectivity index (χ2n) is 2.29. The highest BCUT2D eigenvalue weighted by Gasteiger charge is 1.97. The number of carbonyl (C=O) groups excluding carboxylic acids is 1. The lowest BCUT2D eigenvalue weighted by atomic mass is 10.2. The summed E-state index contributed by atoms with van der Waals surface area (Å²) in [6.45, 7) is 4.20. The topological polar surface area (TPSA) is 68.9 Å². The molecule has 0 radical (unpaired) electrons. The van der Waals surface area contributed by atoms with Crippen LogP contribution in [0.3, 0.4) is 0 Å². The Kier molecular flexibility index (Phi) is 6.41. The third-order valence-corrected chi connectivity index (χ3v) is 1.53. The molecule has 0 bridgehead atoms. The lowest BCUT2D eigenvalue weighted by Gasteiger charge is -1.99. The van der Waals surface area contributed by atoms with Gasteiger partial charge < -0.3 is 5.73 Å². The number of nitrogens with zero attached hydrogens (tertiary/aromatic N) is 2. The van der Waals surface area contributed by atoms with Gasteiger partial charge in [0.1, 0.15) is 0 Å². The lowest BCUT2D eigenvalue weighted by Crippen LogP contribution is -1.96. The van der Waals surface area contributed by atoms with E-state index in [9.17, 15) is 0 Å². The second-order valence-corrected chi connectivity index (χ2v) is 2.29. The molecule has 0 aliphatic heterocycles. The molecule has 13 heavy (non-hydrogen) atoms. The molecule has 0 fully saturated rings. The average Bonchev–Trinajstić information content (AvgIpc) is 2.19. The molecule has 0 atom stereocenters. The van der Waals surface area contributed by atoms with Crippen LogP contribution >= 0.6 is 0 Å². The van der Waals surface area contributed by atoms with Gasteiger partial charge in [0, 0.05) is 12.4 Å². The van der Waals surface area contributed by atoms with Crippen molar-refractivity contribution in [3.63, 3.8) is 0 Å². The number of carbonyl (C=O) groups is 1. The predicted octanol–water partition coefficient (Wildman–Crippen LogP) is 0.703. The molecule has 0 saturated carbocycles. The Balaban J connectivity index is 0.000000424. The molecule has 0 spiro atoms. The van der Waals surface area contributed by atoms with Crippen molar-refractivity contribution in [2.45, 2.75) is 26.7 Å². The van der Waals surface area contributed by atoms with Crippen molar-refractivity contribution < 1.29 is 4.79 Å². The van der Waals surface area contributed by atoms with E-state index in [2.05, 4.69) is 29.5 Å². The van der Waals surface area contributed by atoms with Crippen LogP contribution < -0.4 is 5.73 Å². The summed E-state index contributed by atoms with van der Waals surface area (Å²) < 4.78 is 0. The van der Waals surface area contributed by atoms with Crippen molar-refractivity contribution in [1.82, 2.24) is 9.97 Å². The maximum Gasteiger partial charge on any atom is 0.204 e. The van der Waals surface area contributed by atoms with Crippen LogP contribution in [0.5, 0.6) is 0 Å². The minimum atomic E-state index is 0.250. The highest BCUT2D eigenvalue weighted by molar-refractivity contribution is 5.42. The van der Waals surface area contributed by atoms with Gasteiger partial charge in [-0.15, -0.1) is 0 Å². The lowest BCUT2D eigenvalue weighted by molar-refractivity contribution is -0.106. The smallest absolute Gasteiger partial charge is 0.204 e. The Morgan fingerprint density at radius 1 is 1.23 bits per heavy atom. The number of amides is 1. The highest BCUT2D eigenvalue weighted by Crippen LogP contribution is 2.01. The van der Waals surface area contributed by atoms with Crippen LogP contribution in [-0.4, -0.2) is 16.4 Å². The summed E-state index contributed by atoms with van der Waals surface area (Å²) in [6, 6.07) is 0. The highest BCUT2D eigenvalue weighted by atomic mass is 16.1. The van der Waals surface area contributed by atoms with Crippen molar-refractivity contribution >= 4 is 6.41 Å². The Morgan fingerprint density at radius 3 is 1.77 bits per heavy atom. The fraction of sp³-hybridized carbons (Fsp3) is 0.444. The first-order valence-electron chi connectivity index (χ1n) is 4.24. The zero-order valence-corrected chi connectivity index (χ0v) is 8.03. The van der Waals surface area contributed by atoms with Gasteiger partial charge in [-0.3, -0.25) is 14.8 Å². The van der Waals surface area contributed by atoms with Gasteiger partial charge in [-0.1, -0.05) is 13.8 Å². The van der Waals surface area contributed by atoms with E-state index in [0.717, 1.165) is 24.2 Å². The Morgan fingerprint density at radius 2 is 1.54 bits per heavy atom. The van der Waals surface area contributed by atoms with E-state index < -0.39 is 0 Å². The normalized spacial score (nSPS) is 8.46. The summed E-state index contributed by atoms with van der Waals surface area (Å²) in [4.78, 5) is 17.0. The van der Waals surface area contributed by atoms with Gasteiger partial charge in [-0.25, -0.2) is 0 Å². The molecule has 1 rings (SSSR count). The number of primary amides is 1. The van der Waals surface area contributed by atoms with Gasteiger partial charge in [0.15, 0.2) is 0 Å². The van der Waals surface area contributed by atoms with Crippen LogP contribution in [0.4, 0.5) is 0 Å². The number of aromatic nitrogens is 2. The first-order valence-corrected chi connectivity index (χ1v) is 4.24. The van der Waals surface area contributed by atoms with E-state index in [1.54, 1.807) is 12.4 Å². The SMILES string of the molecule is CCc1nccnc1CC.NC=O. The van der Waals surface area contributed by atoms with E-state index in [4.69, 9.17) is 4.79 Å². The molecule has 0 saturated heterocycles. The maximum atomic E-state index is 8.58. The summed E-state index contributed by atoms with van der Waals surface area (Å²) in [5.41, 5.74) is 6.43. The zero-order chi connectivity index (χ0) is 10.1. The van der Waals surface area contributed by atoms with Crippen molar-refractivity contribution in [3.05, 3.63) is 23.8 Å². The number of hydrogen-bond acceptors (Lipinski definition) is 3. The van der Waals surface area contributed by atoms with E-state index in [1.807, 2.05) is 0 Å². The molecule has 1 aromatic rings. The summed E-state index contributed by atoms with van der Waals surface area (Å²) in [5, 5.41) is 0. The van der Waals surface area contributed by atoms with Crippen LogP contribution in [0, 0.1) is 0 Å². The monoisotopic (exact) mass is 181 g/mol. The van der Waals surface area contributed by atoms with Gasteiger partial charge >= 0.3 is 0 Å². The van der Waals surface area contributed by atoms with Gasteiger partial charge in [0.25, 0.3) is 0 Å². The van der Waals surface area contributed by atoms with Crippen LogP contribution in [0.15, 0.2) is 12.4 Å². The van der Waals surface area contributed by atoms with Crippen LogP contribution in [0.25, 0.3) is 0 Å². The first kappa shape index (κ1) is 11.6. The molecule has 4 nitrogen and oxygen atoms in total. The summed E-state index contributed by atoms with van der Waals surface area (Å²) >= 11 is 0. The predicted molar refractivity (Wildman–Crippen MR) is 51.0 cm³/mol. The maximum absolute atomic E-state index is 8.58. The molecule has 4 heteroatoms. The quantitative estimate of drug-likeness (QED) is 0.683. The second kappa shape index (κ2) is 7.21. The van der Waals surface area contributed by atoms with Crippen molar-refractivity contribution in [3.8, 4) is 0 Å². The standard InChI is InChI=1S/C8H12N2.CH3NO/c1-3-7-8(4-2)10-6-5-9-7;2-1-3/h5-6H,3-4H2,1-2H3;1H,(H2,2,3).